The number of nitrogens with one attached hydrogen (secondary N) is 1. The number of hydrogen-bond donors (Lipinski definition) is 1. The fourth-order valence-corrected chi connectivity index (χ4v) is 1.60. The maximum absolute atomic E-state index is 5.65. The summed E-state index contributed by atoms with van der Waals surface area (Å²) < 4.78 is 6.78. The zero-order chi connectivity index (χ0) is 9.10. The van der Waals surface area contributed by atoms with Crippen LogP contribution in [-0.2, 0) is 11.3 Å². The van der Waals surface area contributed by atoms with Gasteiger partial charge in [0.05, 0.1) is 12.7 Å². The van der Waals surface area contributed by atoms with E-state index in [2.05, 4.69) is 27.3 Å². The van der Waals surface area contributed by atoms with Crippen molar-refractivity contribution in [2.45, 2.75) is 12.7 Å². The molecule has 0 spiro atoms. The predicted octanol–water partition coefficient (Wildman–Crippen LogP) is 1.94. The summed E-state index contributed by atoms with van der Waals surface area (Å²) in [6, 6.07) is 8.16. The molecule has 0 aromatic heterocycles. The van der Waals surface area contributed by atoms with Gasteiger partial charge in [-0.3, -0.25) is 0 Å². The Morgan fingerprint density at radius 3 is 2.77 bits per heavy atom. The van der Waals surface area contributed by atoms with Crippen molar-refractivity contribution in [3.05, 3.63) is 34.3 Å². The van der Waals surface area contributed by atoms with Crippen LogP contribution in [-0.4, -0.2) is 19.2 Å². The van der Waals surface area contributed by atoms with Crippen molar-refractivity contribution in [2.75, 3.05) is 13.1 Å². The maximum atomic E-state index is 5.65. The summed E-state index contributed by atoms with van der Waals surface area (Å²) in [5.74, 6) is 0. The minimum Gasteiger partial charge on any atom is -0.371 e. The van der Waals surface area contributed by atoms with Crippen LogP contribution in [0.15, 0.2) is 28.7 Å². The SMILES string of the molecule is Brc1ccccc1COC1CNC1. The quantitative estimate of drug-likeness (QED) is 0.874. The average molecular weight is 242 g/mol. The minimum absolute atomic E-state index is 0.409. The molecule has 0 amide bonds. The first kappa shape index (κ1) is 9.19. The molecule has 1 aliphatic rings. The van der Waals surface area contributed by atoms with E-state index in [-0.39, 0.29) is 0 Å². The van der Waals surface area contributed by atoms with Gasteiger partial charge >= 0.3 is 0 Å². The molecule has 13 heavy (non-hydrogen) atoms. The third-order valence-corrected chi connectivity index (χ3v) is 2.95. The van der Waals surface area contributed by atoms with E-state index in [0.717, 1.165) is 17.6 Å². The van der Waals surface area contributed by atoms with Gasteiger partial charge in [0, 0.05) is 17.6 Å². The fourth-order valence-electron chi connectivity index (χ4n) is 1.20. The third-order valence-electron chi connectivity index (χ3n) is 2.18. The number of halogens is 1. The van der Waals surface area contributed by atoms with Crippen molar-refractivity contribution in [3.8, 4) is 0 Å². The van der Waals surface area contributed by atoms with Crippen LogP contribution in [0.1, 0.15) is 5.56 Å². The van der Waals surface area contributed by atoms with E-state index in [1.165, 1.54) is 5.56 Å². The molecule has 1 aromatic carbocycles. The minimum atomic E-state index is 0.409. The van der Waals surface area contributed by atoms with Crippen LogP contribution in [0.4, 0.5) is 0 Å². The maximum Gasteiger partial charge on any atom is 0.0828 e. The molecule has 0 radical (unpaired) electrons. The van der Waals surface area contributed by atoms with Crippen molar-refractivity contribution in [2.24, 2.45) is 0 Å². The van der Waals surface area contributed by atoms with Gasteiger partial charge in [0.25, 0.3) is 0 Å². The van der Waals surface area contributed by atoms with Gasteiger partial charge in [-0.05, 0) is 11.6 Å². The largest absolute Gasteiger partial charge is 0.371 e. The molecular formula is C10H12BrNO. The topological polar surface area (TPSA) is 21.3 Å². The van der Waals surface area contributed by atoms with E-state index in [1.54, 1.807) is 0 Å². The number of hydrogen-bond acceptors (Lipinski definition) is 2. The number of ether oxygens (including phenoxy) is 1. The third kappa shape index (κ3) is 2.30. The van der Waals surface area contributed by atoms with Crippen molar-refractivity contribution < 1.29 is 4.74 Å². The van der Waals surface area contributed by atoms with Crippen molar-refractivity contribution >= 4 is 15.9 Å². The highest BCUT2D eigenvalue weighted by Gasteiger charge is 2.16. The summed E-state index contributed by atoms with van der Waals surface area (Å²) in [6.07, 6.45) is 0.409. The Morgan fingerprint density at radius 1 is 1.38 bits per heavy atom. The lowest BCUT2D eigenvalue weighted by atomic mass is 10.2. The molecular weight excluding hydrogens is 230 g/mol. The zero-order valence-corrected chi connectivity index (χ0v) is 8.88. The highest BCUT2D eigenvalue weighted by atomic mass is 79.9. The van der Waals surface area contributed by atoms with Gasteiger partial charge in [0.1, 0.15) is 0 Å². The first-order valence-electron chi connectivity index (χ1n) is 4.42. The molecule has 1 aliphatic heterocycles. The molecule has 0 unspecified atom stereocenters. The van der Waals surface area contributed by atoms with Gasteiger partial charge < -0.3 is 10.1 Å². The number of rotatable bonds is 3. The van der Waals surface area contributed by atoms with Gasteiger partial charge in [-0.15, -0.1) is 0 Å². The van der Waals surface area contributed by atoms with Crippen LogP contribution >= 0.6 is 15.9 Å². The van der Waals surface area contributed by atoms with Crippen LogP contribution < -0.4 is 5.32 Å². The van der Waals surface area contributed by atoms with Gasteiger partial charge in [0.15, 0.2) is 0 Å². The van der Waals surface area contributed by atoms with Crippen molar-refractivity contribution in [3.63, 3.8) is 0 Å². The molecule has 1 heterocycles. The summed E-state index contributed by atoms with van der Waals surface area (Å²) in [4.78, 5) is 0. The Bertz CT molecular complexity index is 286. The molecule has 0 aliphatic carbocycles. The lowest BCUT2D eigenvalue weighted by molar-refractivity contribution is 0.00734. The van der Waals surface area contributed by atoms with E-state index < -0.39 is 0 Å². The smallest absolute Gasteiger partial charge is 0.0828 e. The van der Waals surface area contributed by atoms with Gasteiger partial charge in [0.2, 0.25) is 0 Å². The Hall–Kier alpha value is -0.380. The standard InChI is InChI=1S/C10H12BrNO/c11-10-4-2-1-3-8(10)7-13-9-5-12-6-9/h1-4,9,12H,5-7H2. The van der Waals surface area contributed by atoms with Crippen molar-refractivity contribution in [1.29, 1.82) is 0 Å². The molecule has 1 saturated heterocycles. The van der Waals surface area contributed by atoms with E-state index >= 15 is 0 Å². The van der Waals surface area contributed by atoms with E-state index in [4.69, 9.17) is 4.74 Å². The molecule has 2 nitrogen and oxygen atoms in total. The van der Waals surface area contributed by atoms with Crippen LogP contribution in [0.25, 0.3) is 0 Å². The zero-order valence-electron chi connectivity index (χ0n) is 7.29. The number of benzene rings is 1. The summed E-state index contributed by atoms with van der Waals surface area (Å²) in [5, 5.41) is 3.18. The van der Waals surface area contributed by atoms with Gasteiger partial charge in [-0.2, -0.15) is 0 Å². The molecule has 1 aromatic rings. The second-order valence-corrected chi connectivity index (χ2v) is 4.04. The van der Waals surface area contributed by atoms with Crippen LogP contribution in [0.5, 0.6) is 0 Å². The molecule has 2 rings (SSSR count). The molecule has 0 atom stereocenters. The van der Waals surface area contributed by atoms with Gasteiger partial charge in [-0.1, -0.05) is 34.1 Å². The molecule has 0 bridgehead atoms. The lowest BCUT2D eigenvalue weighted by Gasteiger charge is -2.27. The predicted molar refractivity (Wildman–Crippen MR) is 55.6 cm³/mol. The molecule has 1 N–H and O–H groups in total. The van der Waals surface area contributed by atoms with E-state index in [1.807, 2.05) is 18.2 Å². The Balaban J connectivity index is 1.89. The monoisotopic (exact) mass is 241 g/mol. The van der Waals surface area contributed by atoms with Crippen LogP contribution in [0.2, 0.25) is 0 Å². The Labute approximate surface area is 86.4 Å². The average Bonchev–Trinajstić information content (AvgIpc) is 2.05. The first-order chi connectivity index (χ1) is 6.36. The molecule has 0 saturated carbocycles. The van der Waals surface area contributed by atoms with Crippen molar-refractivity contribution in [1.82, 2.24) is 5.32 Å². The van der Waals surface area contributed by atoms with Crippen LogP contribution in [0.3, 0.4) is 0 Å². The Morgan fingerprint density at radius 2 is 2.15 bits per heavy atom. The molecule has 70 valence electrons. The second kappa shape index (κ2) is 4.22. The first-order valence-corrected chi connectivity index (χ1v) is 5.21. The Kier molecular flexibility index (Phi) is 2.98. The molecule has 1 fully saturated rings. The van der Waals surface area contributed by atoms with E-state index in [0.29, 0.717) is 12.7 Å². The summed E-state index contributed by atoms with van der Waals surface area (Å²) in [5.41, 5.74) is 1.22. The van der Waals surface area contributed by atoms with Gasteiger partial charge in [-0.25, -0.2) is 0 Å². The highest BCUT2D eigenvalue weighted by molar-refractivity contribution is 9.10. The lowest BCUT2D eigenvalue weighted by Crippen LogP contribution is -2.48. The fraction of sp³-hybridized carbons (Fsp3) is 0.400. The normalized spacial score (nSPS) is 17.0. The van der Waals surface area contributed by atoms with Crippen LogP contribution in [0, 0.1) is 0 Å². The summed E-state index contributed by atoms with van der Waals surface area (Å²) >= 11 is 3.49. The van der Waals surface area contributed by atoms with E-state index in [9.17, 15) is 0 Å². The molecule has 3 heteroatoms. The second-order valence-electron chi connectivity index (χ2n) is 3.18. The summed E-state index contributed by atoms with van der Waals surface area (Å²) in [7, 11) is 0. The highest BCUT2D eigenvalue weighted by Crippen LogP contribution is 2.17. The summed E-state index contributed by atoms with van der Waals surface area (Å²) in [6.45, 7) is 2.68.